The first kappa shape index (κ1) is 14.0. The molecule has 84 valence electrons. The Labute approximate surface area is 92.0 Å². The van der Waals surface area contributed by atoms with E-state index in [2.05, 4.69) is 32.9 Å². The van der Waals surface area contributed by atoms with E-state index in [1.165, 1.54) is 5.56 Å². The van der Waals surface area contributed by atoms with Gasteiger partial charge in [-0.1, -0.05) is 32.9 Å². The molecule has 0 amide bonds. The van der Waals surface area contributed by atoms with Crippen molar-refractivity contribution in [3.63, 3.8) is 0 Å². The zero-order valence-electron chi connectivity index (χ0n) is 9.82. The zero-order chi connectivity index (χ0) is 11.9. The largest absolute Gasteiger partial charge is 0.497 e. The third-order valence-electron chi connectivity index (χ3n) is 1.96. The maximum Gasteiger partial charge on any atom is 0.432 e. The highest BCUT2D eigenvalue weighted by molar-refractivity contribution is 6.13. The van der Waals surface area contributed by atoms with Crippen molar-refractivity contribution in [2.24, 2.45) is 0 Å². The molecule has 0 saturated carbocycles. The zero-order valence-corrected chi connectivity index (χ0v) is 9.82. The Morgan fingerprint density at radius 2 is 1.47 bits per heavy atom. The van der Waals surface area contributed by atoms with Crippen LogP contribution >= 0.6 is 0 Å². The third-order valence-corrected chi connectivity index (χ3v) is 1.96. The van der Waals surface area contributed by atoms with Crippen molar-refractivity contribution in [1.82, 2.24) is 0 Å². The Morgan fingerprint density at radius 3 is 1.73 bits per heavy atom. The van der Waals surface area contributed by atoms with Crippen molar-refractivity contribution >= 4 is 7.69 Å². The van der Waals surface area contributed by atoms with Gasteiger partial charge >= 0.3 is 7.69 Å². The lowest BCUT2D eigenvalue weighted by Crippen LogP contribution is -2.10. The SMILES string of the molecule is COc1ccc(C(C)(C)C)cc1.OBO. The summed E-state index contributed by atoms with van der Waals surface area (Å²) in [4.78, 5) is 0. The molecule has 0 atom stereocenters. The molecule has 4 heteroatoms. The highest BCUT2D eigenvalue weighted by atomic mass is 16.5. The number of methoxy groups -OCH3 is 1. The van der Waals surface area contributed by atoms with Crippen LogP contribution in [0, 0.1) is 0 Å². The number of benzene rings is 1. The molecule has 1 rings (SSSR count). The average molecular weight is 210 g/mol. The van der Waals surface area contributed by atoms with Gasteiger partial charge in [-0.25, -0.2) is 0 Å². The highest BCUT2D eigenvalue weighted by Gasteiger charge is 2.12. The molecule has 0 aliphatic carbocycles. The Bertz CT molecular complexity index is 264. The number of rotatable bonds is 1. The summed E-state index contributed by atoms with van der Waals surface area (Å²) in [7, 11) is 0.937. The average Bonchev–Trinajstić information content (AvgIpc) is 2.18. The van der Waals surface area contributed by atoms with Crippen molar-refractivity contribution in [1.29, 1.82) is 0 Å². The maximum atomic E-state index is 7.12. The van der Waals surface area contributed by atoms with Crippen LogP contribution in [0.2, 0.25) is 0 Å². The van der Waals surface area contributed by atoms with Crippen molar-refractivity contribution in [2.45, 2.75) is 26.2 Å². The van der Waals surface area contributed by atoms with Gasteiger partial charge in [-0.15, -0.1) is 0 Å². The van der Waals surface area contributed by atoms with E-state index in [4.69, 9.17) is 14.8 Å². The van der Waals surface area contributed by atoms with Gasteiger partial charge in [0.25, 0.3) is 0 Å². The molecule has 0 saturated heterocycles. The maximum absolute atomic E-state index is 7.12. The van der Waals surface area contributed by atoms with E-state index < -0.39 is 7.69 Å². The van der Waals surface area contributed by atoms with E-state index in [1.807, 2.05) is 12.1 Å². The first-order valence-electron chi connectivity index (χ1n) is 4.82. The van der Waals surface area contributed by atoms with Crippen LogP contribution < -0.4 is 4.74 Å². The lowest BCUT2D eigenvalue weighted by atomic mass is 9.87. The highest BCUT2D eigenvalue weighted by Crippen LogP contribution is 2.23. The molecule has 1 aromatic rings. The summed E-state index contributed by atoms with van der Waals surface area (Å²) in [6, 6.07) is 8.22. The van der Waals surface area contributed by atoms with Crippen LogP contribution in [0.1, 0.15) is 26.3 Å². The van der Waals surface area contributed by atoms with Crippen LogP contribution in [0.3, 0.4) is 0 Å². The van der Waals surface area contributed by atoms with Gasteiger partial charge in [0.1, 0.15) is 5.75 Å². The third kappa shape index (κ3) is 5.45. The minimum atomic E-state index is -0.750. The van der Waals surface area contributed by atoms with Crippen molar-refractivity contribution < 1.29 is 14.8 Å². The fraction of sp³-hybridized carbons (Fsp3) is 0.455. The van der Waals surface area contributed by atoms with E-state index in [-0.39, 0.29) is 5.41 Å². The van der Waals surface area contributed by atoms with Crippen molar-refractivity contribution in [3.8, 4) is 5.75 Å². The second kappa shape index (κ2) is 6.48. The van der Waals surface area contributed by atoms with Gasteiger partial charge in [0.15, 0.2) is 0 Å². The Balaban J connectivity index is 0.000000583. The summed E-state index contributed by atoms with van der Waals surface area (Å²) in [5.74, 6) is 0.919. The molecule has 1 aromatic carbocycles. The fourth-order valence-corrected chi connectivity index (χ4v) is 1.09. The quantitative estimate of drug-likeness (QED) is 0.685. The van der Waals surface area contributed by atoms with Crippen LogP contribution in [0.5, 0.6) is 5.75 Å². The molecule has 0 heterocycles. The van der Waals surface area contributed by atoms with E-state index in [0.717, 1.165) is 5.75 Å². The van der Waals surface area contributed by atoms with Gasteiger partial charge in [-0.2, -0.15) is 0 Å². The van der Waals surface area contributed by atoms with Crippen LogP contribution in [-0.4, -0.2) is 24.8 Å². The minimum absolute atomic E-state index is 0.228. The summed E-state index contributed by atoms with van der Waals surface area (Å²) in [6.07, 6.45) is 0. The van der Waals surface area contributed by atoms with Gasteiger partial charge in [-0.3, -0.25) is 0 Å². The molecule has 15 heavy (non-hydrogen) atoms. The smallest absolute Gasteiger partial charge is 0.432 e. The molecule has 3 nitrogen and oxygen atoms in total. The van der Waals surface area contributed by atoms with Crippen molar-refractivity contribution in [2.75, 3.05) is 7.11 Å². The molecule has 0 bridgehead atoms. The summed E-state index contributed by atoms with van der Waals surface area (Å²) >= 11 is 0. The van der Waals surface area contributed by atoms with E-state index in [9.17, 15) is 0 Å². The number of hydrogen-bond acceptors (Lipinski definition) is 3. The molecule has 0 aliphatic heterocycles. The van der Waals surface area contributed by atoms with E-state index in [1.54, 1.807) is 7.11 Å². The molecular formula is C11H19BO3. The summed E-state index contributed by atoms with van der Waals surface area (Å²) in [5.41, 5.74) is 1.56. The molecular weight excluding hydrogens is 191 g/mol. The monoisotopic (exact) mass is 210 g/mol. The van der Waals surface area contributed by atoms with Gasteiger partial charge < -0.3 is 14.8 Å². The van der Waals surface area contributed by atoms with Gasteiger partial charge in [-0.05, 0) is 23.1 Å². The minimum Gasteiger partial charge on any atom is -0.497 e. The van der Waals surface area contributed by atoms with Crippen LogP contribution in [0.4, 0.5) is 0 Å². The van der Waals surface area contributed by atoms with Gasteiger partial charge in [0.05, 0.1) is 7.11 Å². The van der Waals surface area contributed by atoms with E-state index in [0.29, 0.717) is 0 Å². The summed E-state index contributed by atoms with van der Waals surface area (Å²) in [5, 5.41) is 14.2. The molecule has 0 fully saturated rings. The predicted octanol–water partition coefficient (Wildman–Crippen LogP) is 1.23. The second-order valence-electron chi connectivity index (χ2n) is 4.12. The Morgan fingerprint density at radius 1 is 1.07 bits per heavy atom. The van der Waals surface area contributed by atoms with Crippen molar-refractivity contribution in [3.05, 3.63) is 29.8 Å². The predicted molar refractivity (Wildman–Crippen MR) is 63.3 cm³/mol. The Kier molecular flexibility index (Phi) is 6.05. The lowest BCUT2D eigenvalue weighted by Gasteiger charge is -2.18. The molecule has 0 aromatic heterocycles. The summed E-state index contributed by atoms with van der Waals surface area (Å²) < 4.78 is 5.08. The number of ether oxygens (including phenoxy) is 1. The lowest BCUT2D eigenvalue weighted by molar-refractivity contribution is 0.414. The first-order chi connectivity index (χ1) is 6.95. The topological polar surface area (TPSA) is 49.7 Å². The fourth-order valence-electron chi connectivity index (χ4n) is 1.09. The molecule has 0 radical (unpaired) electrons. The van der Waals surface area contributed by atoms with Gasteiger partial charge in [0.2, 0.25) is 0 Å². The molecule has 2 N–H and O–H groups in total. The molecule has 0 unspecified atom stereocenters. The number of hydrogen-bond donors (Lipinski definition) is 2. The first-order valence-corrected chi connectivity index (χ1v) is 4.82. The Hall–Kier alpha value is -0.995. The molecule has 0 spiro atoms. The normalized spacial score (nSPS) is 10.0. The second-order valence-corrected chi connectivity index (χ2v) is 4.12. The van der Waals surface area contributed by atoms with Crippen LogP contribution in [0.15, 0.2) is 24.3 Å². The van der Waals surface area contributed by atoms with Crippen LogP contribution in [0.25, 0.3) is 0 Å². The van der Waals surface area contributed by atoms with Crippen LogP contribution in [-0.2, 0) is 5.41 Å². The van der Waals surface area contributed by atoms with E-state index >= 15 is 0 Å². The van der Waals surface area contributed by atoms with Gasteiger partial charge in [0, 0.05) is 0 Å². The summed E-state index contributed by atoms with van der Waals surface area (Å²) in [6.45, 7) is 6.61. The standard InChI is InChI=1S/C11H16O.BH3O2/c1-11(2,3)9-5-7-10(12-4)8-6-9;2-1-3/h5-8H,1-4H3;1-3H. The molecule has 0 aliphatic rings.